The highest BCUT2D eigenvalue weighted by atomic mass is 35.5. The Morgan fingerprint density at radius 2 is 1.75 bits per heavy atom. The topological polar surface area (TPSA) is 69.4 Å². The van der Waals surface area contributed by atoms with Crippen LogP contribution in [-0.4, -0.2) is 30.2 Å². The fourth-order valence-electron chi connectivity index (χ4n) is 2.80. The van der Waals surface area contributed by atoms with Crippen LogP contribution in [0.15, 0.2) is 54.7 Å². The number of nitrogens with zero attached hydrogens (tertiary/aromatic N) is 6. The van der Waals surface area contributed by atoms with E-state index in [4.69, 9.17) is 28.2 Å². The van der Waals surface area contributed by atoms with Gasteiger partial charge in [-0.15, -0.1) is 5.10 Å². The number of rotatable bonds is 4. The van der Waals surface area contributed by atoms with Crippen LogP contribution >= 0.6 is 23.2 Å². The molecular formula is C20H16Cl2N6. The molecule has 0 atom stereocenters. The molecule has 0 aliphatic rings. The van der Waals surface area contributed by atoms with Crippen molar-refractivity contribution in [2.75, 3.05) is 0 Å². The van der Waals surface area contributed by atoms with Gasteiger partial charge in [-0.3, -0.25) is 0 Å². The summed E-state index contributed by atoms with van der Waals surface area (Å²) in [5.41, 5.74) is 3.06. The van der Waals surface area contributed by atoms with Crippen LogP contribution in [0.3, 0.4) is 0 Å². The molecule has 0 unspecified atom stereocenters. The molecule has 4 aromatic rings. The standard InChI is InChI=1S/C20H16Cl2N6/c1-12(2)19-23-11-15(18(24-19)13-8-9-16(21)17(22)10-13)20-25-26-27-28(20)14-6-4-3-5-7-14/h3-12H,1-2H3. The van der Waals surface area contributed by atoms with Gasteiger partial charge in [0.1, 0.15) is 5.82 Å². The quantitative estimate of drug-likeness (QED) is 0.461. The van der Waals surface area contributed by atoms with Gasteiger partial charge in [-0.25, -0.2) is 9.97 Å². The van der Waals surface area contributed by atoms with Gasteiger partial charge in [0, 0.05) is 17.7 Å². The Morgan fingerprint density at radius 3 is 2.46 bits per heavy atom. The van der Waals surface area contributed by atoms with Gasteiger partial charge in [0.2, 0.25) is 0 Å². The van der Waals surface area contributed by atoms with Crippen LogP contribution in [0.5, 0.6) is 0 Å². The maximum atomic E-state index is 6.25. The third-order valence-corrected chi connectivity index (χ3v) is 4.97. The highest BCUT2D eigenvalue weighted by molar-refractivity contribution is 6.42. The maximum absolute atomic E-state index is 6.25. The summed E-state index contributed by atoms with van der Waals surface area (Å²) in [5.74, 6) is 1.44. The zero-order chi connectivity index (χ0) is 19.7. The average molecular weight is 411 g/mol. The minimum atomic E-state index is 0.167. The Kier molecular flexibility index (Phi) is 5.07. The molecule has 0 bridgehead atoms. The lowest BCUT2D eigenvalue weighted by atomic mass is 10.1. The lowest BCUT2D eigenvalue weighted by Crippen LogP contribution is -2.05. The molecule has 0 N–H and O–H groups in total. The molecule has 0 aliphatic carbocycles. The molecule has 0 radical (unpaired) electrons. The molecule has 6 nitrogen and oxygen atoms in total. The number of benzene rings is 2. The summed E-state index contributed by atoms with van der Waals surface area (Å²) in [6.07, 6.45) is 1.76. The summed E-state index contributed by atoms with van der Waals surface area (Å²) >= 11 is 12.3. The monoisotopic (exact) mass is 410 g/mol. The van der Waals surface area contributed by atoms with E-state index in [1.54, 1.807) is 23.0 Å². The summed E-state index contributed by atoms with van der Waals surface area (Å²) < 4.78 is 1.66. The minimum Gasteiger partial charge on any atom is -0.240 e. The second-order valence-electron chi connectivity index (χ2n) is 6.52. The Morgan fingerprint density at radius 1 is 0.964 bits per heavy atom. The van der Waals surface area contributed by atoms with E-state index < -0.39 is 0 Å². The van der Waals surface area contributed by atoms with Gasteiger partial charge in [0.15, 0.2) is 5.82 Å². The van der Waals surface area contributed by atoms with Crippen molar-refractivity contribution < 1.29 is 0 Å². The molecule has 0 aliphatic heterocycles. The van der Waals surface area contributed by atoms with Crippen LogP contribution < -0.4 is 0 Å². The molecule has 2 aromatic heterocycles. The molecule has 0 amide bonds. The predicted octanol–water partition coefficient (Wildman–Crippen LogP) is 5.22. The number of aromatic nitrogens is 6. The van der Waals surface area contributed by atoms with Crippen molar-refractivity contribution in [3.8, 4) is 28.3 Å². The van der Waals surface area contributed by atoms with Crippen LogP contribution in [0.2, 0.25) is 10.0 Å². The molecule has 140 valence electrons. The van der Waals surface area contributed by atoms with Crippen molar-refractivity contribution in [2.24, 2.45) is 0 Å². The zero-order valence-corrected chi connectivity index (χ0v) is 16.7. The van der Waals surface area contributed by atoms with Crippen LogP contribution in [0.4, 0.5) is 0 Å². The molecule has 2 aromatic carbocycles. The smallest absolute Gasteiger partial charge is 0.190 e. The fourth-order valence-corrected chi connectivity index (χ4v) is 3.10. The molecule has 8 heteroatoms. The zero-order valence-electron chi connectivity index (χ0n) is 15.2. The van der Waals surface area contributed by atoms with E-state index >= 15 is 0 Å². The molecule has 0 fully saturated rings. The summed E-state index contributed by atoms with van der Waals surface area (Å²) in [4.78, 5) is 9.30. The molecular weight excluding hydrogens is 395 g/mol. The largest absolute Gasteiger partial charge is 0.240 e. The Labute approximate surface area is 172 Å². The number of tetrazole rings is 1. The van der Waals surface area contributed by atoms with E-state index in [-0.39, 0.29) is 5.92 Å². The highest BCUT2D eigenvalue weighted by Gasteiger charge is 2.19. The summed E-state index contributed by atoms with van der Waals surface area (Å²) in [6.45, 7) is 4.09. The van der Waals surface area contributed by atoms with Gasteiger partial charge in [-0.05, 0) is 34.7 Å². The number of halogens is 2. The Balaban J connectivity index is 1.94. The highest BCUT2D eigenvalue weighted by Crippen LogP contribution is 2.34. The first kappa shape index (κ1) is 18.5. The fraction of sp³-hybridized carbons (Fsp3) is 0.150. The Bertz CT molecular complexity index is 1120. The minimum absolute atomic E-state index is 0.167. The number of hydrogen-bond donors (Lipinski definition) is 0. The van der Waals surface area contributed by atoms with Crippen molar-refractivity contribution in [2.45, 2.75) is 19.8 Å². The van der Waals surface area contributed by atoms with Crippen molar-refractivity contribution in [1.29, 1.82) is 0 Å². The lowest BCUT2D eigenvalue weighted by Gasteiger charge is -2.12. The van der Waals surface area contributed by atoms with Gasteiger partial charge < -0.3 is 0 Å². The number of para-hydroxylation sites is 1. The van der Waals surface area contributed by atoms with Crippen molar-refractivity contribution >= 4 is 23.2 Å². The van der Waals surface area contributed by atoms with E-state index in [2.05, 4.69) is 20.5 Å². The van der Waals surface area contributed by atoms with Crippen LogP contribution in [0.1, 0.15) is 25.6 Å². The second-order valence-corrected chi connectivity index (χ2v) is 7.34. The van der Waals surface area contributed by atoms with Gasteiger partial charge in [0.05, 0.1) is 27.0 Å². The molecule has 0 spiro atoms. The van der Waals surface area contributed by atoms with E-state index in [0.717, 1.165) is 17.1 Å². The second kappa shape index (κ2) is 7.66. The molecule has 28 heavy (non-hydrogen) atoms. The van der Waals surface area contributed by atoms with Gasteiger partial charge in [-0.2, -0.15) is 4.68 Å². The van der Waals surface area contributed by atoms with Crippen molar-refractivity contribution in [3.05, 3.63) is 70.6 Å². The van der Waals surface area contributed by atoms with E-state index in [1.807, 2.05) is 50.2 Å². The van der Waals surface area contributed by atoms with Crippen molar-refractivity contribution in [3.63, 3.8) is 0 Å². The normalized spacial score (nSPS) is 11.2. The summed E-state index contributed by atoms with van der Waals surface area (Å²) in [5, 5.41) is 13.2. The third-order valence-electron chi connectivity index (χ3n) is 4.23. The average Bonchev–Trinajstić information content (AvgIpc) is 3.20. The maximum Gasteiger partial charge on any atom is 0.190 e. The Hall–Kier alpha value is -2.83. The van der Waals surface area contributed by atoms with E-state index in [9.17, 15) is 0 Å². The third kappa shape index (κ3) is 3.48. The SMILES string of the molecule is CC(C)c1ncc(-c2nnnn2-c2ccccc2)c(-c2ccc(Cl)c(Cl)c2)n1. The van der Waals surface area contributed by atoms with Crippen LogP contribution in [0.25, 0.3) is 28.3 Å². The predicted molar refractivity (Wildman–Crippen MR) is 110 cm³/mol. The molecule has 0 saturated heterocycles. The van der Waals surface area contributed by atoms with Crippen LogP contribution in [-0.2, 0) is 0 Å². The molecule has 0 saturated carbocycles. The van der Waals surface area contributed by atoms with Gasteiger partial charge in [0.25, 0.3) is 0 Å². The summed E-state index contributed by atoms with van der Waals surface area (Å²) in [6, 6.07) is 15.1. The summed E-state index contributed by atoms with van der Waals surface area (Å²) in [7, 11) is 0. The van der Waals surface area contributed by atoms with Crippen LogP contribution in [0, 0.1) is 0 Å². The van der Waals surface area contributed by atoms with Crippen molar-refractivity contribution in [1.82, 2.24) is 30.2 Å². The van der Waals surface area contributed by atoms with E-state index in [1.165, 1.54) is 0 Å². The van der Waals surface area contributed by atoms with E-state index in [0.29, 0.717) is 27.1 Å². The first-order valence-corrected chi connectivity index (χ1v) is 9.46. The van der Waals surface area contributed by atoms with Gasteiger partial charge in [-0.1, -0.05) is 61.3 Å². The molecule has 2 heterocycles. The first-order chi connectivity index (χ1) is 13.5. The number of hydrogen-bond acceptors (Lipinski definition) is 5. The lowest BCUT2D eigenvalue weighted by molar-refractivity contribution is 0.774. The molecule has 4 rings (SSSR count). The first-order valence-electron chi connectivity index (χ1n) is 8.71. The van der Waals surface area contributed by atoms with Gasteiger partial charge >= 0.3 is 0 Å².